The summed E-state index contributed by atoms with van der Waals surface area (Å²) in [5.41, 5.74) is 1.01. The molecular formula is C31H24F3N3O5S2. The summed E-state index contributed by atoms with van der Waals surface area (Å²) in [7, 11) is 1.50. The van der Waals surface area contributed by atoms with Gasteiger partial charge in [0.05, 0.1) is 29.3 Å². The van der Waals surface area contributed by atoms with E-state index in [1.807, 2.05) is 19.1 Å². The molecule has 13 heteroatoms. The fraction of sp³-hybridized carbons (Fsp3) is 0.226. The van der Waals surface area contributed by atoms with Crippen LogP contribution in [-0.4, -0.2) is 34.6 Å². The lowest BCUT2D eigenvalue weighted by atomic mass is 9.83. The van der Waals surface area contributed by atoms with Crippen molar-refractivity contribution < 1.29 is 32.3 Å². The summed E-state index contributed by atoms with van der Waals surface area (Å²) >= 11 is 1.87. The second-order valence-electron chi connectivity index (χ2n) is 10.4. The normalized spacial score (nSPS) is 19.5. The van der Waals surface area contributed by atoms with Crippen molar-refractivity contribution in [1.29, 1.82) is 0 Å². The first-order valence-corrected chi connectivity index (χ1v) is 15.1. The van der Waals surface area contributed by atoms with Gasteiger partial charge in [-0.1, -0.05) is 59.0 Å². The summed E-state index contributed by atoms with van der Waals surface area (Å²) in [6, 6.07) is 18.1. The van der Waals surface area contributed by atoms with Crippen LogP contribution in [0.2, 0.25) is 0 Å². The molecule has 0 aliphatic carbocycles. The van der Waals surface area contributed by atoms with Gasteiger partial charge in [-0.3, -0.25) is 23.7 Å². The fourth-order valence-corrected chi connectivity index (χ4v) is 8.26. The van der Waals surface area contributed by atoms with Gasteiger partial charge < -0.3 is 10.1 Å². The number of anilines is 2. The van der Waals surface area contributed by atoms with Crippen LogP contribution < -0.4 is 19.8 Å². The average molecular weight is 640 g/mol. The predicted molar refractivity (Wildman–Crippen MR) is 160 cm³/mol. The fourth-order valence-electron chi connectivity index (χ4n) is 5.48. The molecule has 0 radical (unpaired) electrons. The van der Waals surface area contributed by atoms with Crippen LogP contribution in [0.15, 0.2) is 82.6 Å². The first-order chi connectivity index (χ1) is 21.0. The van der Waals surface area contributed by atoms with E-state index in [0.717, 1.165) is 51.8 Å². The van der Waals surface area contributed by atoms with Gasteiger partial charge in [-0.15, -0.1) is 0 Å². The number of benzene rings is 3. The van der Waals surface area contributed by atoms with Gasteiger partial charge in [-0.05, 0) is 55.0 Å². The number of imide groups is 1. The number of thiazole rings is 1. The van der Waals surface area contributed by atoms with Crippen LogP contribution in [0, 0.1) is 12.8 Å². The number of hydrogen-bond donors (Lipinski definition) is 1. The molecule has 3 atom stereocenters. The molecule has 0 unspecified atom stereocenters. The molecule has 1 fully saturated rings. The molecule has 1 N–H and O–H groups in total. The smallest absolute Gasteiger partial charge is 0.416 e. The highest BCUT2D eigenvalue weighted by atomic mass is 32.2. The highest BCUT2D eigenvalue weighted by molar-refractivity contribution is 8.00. The number of nitrogens with zero attached hydrogens (tertiary/aromatic N) is 2. The molecule has 0 saturated carbocycles. The molecule has 0 spiro atoms. The van der Waals surface area contributed by atoms with Gasteiger partial charge in [0.1, 0.15) is 17.5 Å². The number of thioether (sulfide) groups is 1. The Hall–Kier alpha value is -4.36. The molecule has 2 aliphatic rings. The van der Waals surface area contributed by atoms with E-state index < -0.39 is 51.4 Å². The van der Waals surface area contributed by atoms with Gasteiger partial charge >= 0.3 is 11.0 Å². The number of aryl methyl sites for hydroxylation is 1. The van der Waals surface area contributed by atoms with Gasteiger partial charge in [0.15, 0.2) is 0 Å². The van der Waals surface area contributed by atoms with E-state index in [4.69, 9.17) is 4.74 Å². The number of ether oxygens (including phenoxy) is 1. The number of amides is 3. The molecule has 3 heterocycles. The lowest BCUT2D eigenvalue weighted by Gasteiger charge is -2.30. The molecule has 0 bridgehead atoms. The largest absolute Gasteiger partial charge is 0.497 e. The zero-order valence-corrected chi connectivity index (χ0v) is 24.9. The summed E-state index contributed by atoms with van der Waals surface area (Å²) < 4.78 is 47.1. The maximum absolute atomic E-state index is 14.0. The number of carbonyl (C=O) groups is 3. The van der Waals surface area contributed by atoms with Crippen molar-refractivity contribution in [3.63, 3.8) is 0 Å². The Morgan fingerprint density at radius 1 is 0.977 bits per heavy atom. The molecule has 6 rings (SSSR count). The Labute approximate surface area is 257 Å². The van der Waals surface area contributed by atoms with E-state index in [-0.39, 0.29) is 12.2 Å². The van der Waals surface area contributed by atoms with Crippen molar-refractivity contribution in [2.75, 3.05) is 17.3 Å². The molecule has 3 amide bonds. The van der Waals surface area contributed by atoms with Crippen LogP contribution in [0.5, 0.6) is 5.75 Å². The predicted octanol–water partition coefficient (Wildman–Crippen LogP) is 5.68. The lowest BCUT2D eigenvalue weighted by molar-refractivity contribution is -0.137. The van der Waals surface area contributed by atoms with Gasteiger partial charge in [0.2, 0.25) is 17.7 Å². The molecule has 2 aliphatic heterocycles. The summed E-state index contributed by atoms with van der Waals surface area (Å²) in [5, 5.41) is 2.09. The van der Waals surface area contributed by atoms with E-state index in [9.17, 15) is 32.3 Å². The first kappa shape index (κ1) is 29.7. The summed E-state index contributed by atoms with van der Waals surface area (Å²) in [5.74, 6) is -3.04. The van der Waals surface area contributed by atoms with Crippen LogP contribution in [0.4, 0.5) is 24.5 Å². The molecule has 4 aromatic rings. The molecule has 8 nitrogen and oxygen atoms in total. The summed E-state index contributed by atoms with van der Waals surface area (Å²) in [6.07, 6.45) is -4.67. The zero-order chi connectivity index (χ0) is 31.3. The molecule has 44 heavy (non-hydrogen) atoms. The van der Waals surface area contributed by atoms with Crippen LogP contribution >= 0.6 is 23.1 Å². The standard InChI is InChI=1S/C31H24F3N3O5S2/c1-16-6-10-19(11-7-16)35-22(38)15-36-29-26(44-30(36)41)23(17-8-12-21(42-2)13-9-17)24-25(43-29)28(40)37(27(24)39)20-5-3-4-18(14-20)31(32,33)34/h3-14,23-25H,15H2,1-2H3,(H,35,38)/t23-,24+,25-/m0/s1. The Kier molecular flexibility index (Phi) is 7.62. The van der Waals surface area contributed by atoms with E-state index in [1.54, 1.807) is 36.4 Å². The Morgan fingerprint density at radius 2 is 1.68 bits per heavy atom. The second kappa shape index (κ2) is 11.3. The van der Waals surface area contributed by atoms with Crippen molar-refractivity contribution in [2.45, 2.75) is 35.8 Å². The maximum atomic E-state index is 14.0. The van der Waals surface area contributed by atoms with Crippen LogP contribution in [-0.2, 0) is 27.1 Å². The SMILES string of the molecule is COc1ccc([C@@H]2c3sc(=O)n(CC(=O)Nc4ccc(C)cc4)c3S[C@@H]3C(=O)N(c4cccc(C(F)(F)F)c4)C(=O)[C@H]23)cc1. The van der Waals surface area contributed by atoms with Crippen LogP contribution in [0.3, 0.4) is 0 Å². The third-order valence-corrected chi connectivity index (χ3v) is 10.2. The molecule has 3 aromatic carbocycles. The van der Waals surface area contributed by atoms with Gasteiger partial charge in [-0.2, -0.15) is 13.2 Å². The number of nitrogens with one attached hydrogen (secondary N) is 1. The van der Waals surface area contributed by atoms with Crippen molar-refractivity contribution in [2.24, 2.45) is 5.92 Å². The Morgan fingerprint density at radius 3 is 2.34 bits per heavy atom. The third-order valence-electron chi connectivity index (χ3n) is 7.59. The van der Waals surface area contributed by atoms with Crippen molar-refractivity contribution >= 4 is 52.2 Å². The number of rotatable bonds is 6. The monoisotopic (exact) mass is 639 g/mol. The minimum absolute atomic E-state index is 0.184. The number of carbonyl (C=O) groups excluding carboxylic acids is 3. The number of halogens is 3. The number of aromatic nitrogens is 1. The third kappa shape index (κ3) is 5.30. The average Bonchev–Trinajstić information content (AvgIpc) is 3.44. The van der Waals surface area contributed by atoms with Crippen molar-refractivity contribution in [1.82, 2.24) is 4.57 Å². The number of fused-ring (bicyclic) bond motifs is 2. The maximum Gasteiger partial charge on any atom is 0.416 e. The van der Waals surface area contributed by atoms with Crippen molar-refractivity contribution in [3.05, 3.63) is 104 Å². The lowest BCUT2D eigenvalue weighted by Crippen LogP contribution is -2.33. The highest BCUT2D eigenvalue weighted by Crippen LogP contribution is 2.54. The first-order valence-electron chi connectivity index (χ1n) is 13.4. The van der Waals surface area contributed by atoms with E-state index in [1.165, 1.54) is 17.7 Å². The van der Waals surface area contributed by atoms with Gasteiger partial charge in [0, 0.05) is 16.5 Å². The van der Waals surface area contributed by atoms with Gasteiger partial charge in [0.25, 0.3) is 0 Å². The number of methoxy groups -OCH3 is 1. The molecule has 1 saturated heterocycles. The Bertz CT molecular complexity index is 1830. The zero-order valence-electron chi connectivity index (χ0n) is 23.3. The summed E-state index contributed by atoms with van der Waals surface area (Å²) in [4.78, 5) is 55.0. The molecular weight excluding hydrogens is 615 g/mol. The quantitative estimate of drug-likeness (QED) is 0.273. The van der Waals surface area contributed by atoms with Crippen LogP contribution in [0.25, 0.3) is 0 Å². The van der Waals surface area contributed by atoms with E-state index >= 15 is 0 Å². The van der Waals surface area contributed by atoms with E-state index in [2.05, 4.69) is 5.32 Å². The second-order valence-corrected chi connectivity index (χ2v) is 12.5. The van der Waals surface area contributed by atoms with E-state index in [0.29, 0.717) is 26.9 Å². The Balaban J connectivity index is 1.41. The minimum atomic E-state index is -4.67. The highest BCUT2D eigenvalue weighted by Gasteiger charge is 2.57. The molecule has 226 valence electrons. The minimum Gasteiger partial charge on any atom is -0.497 e. The van der Waals surface area contributed by atoms with Gasteiger partial charge in [-0.25, -0.2) is 4.90 Å². The van der Waals surface area contributed by atoms with Crippen LogP contribution in [0.1, 0.15) is 27.5 Å². The molecule has 1 aromatic heterocycles. The summed E-state index contributed by atoms with van der Waals surface area (Å²) in [6.45, 7) is 1.58. The van der Waals surface area contributed by atoms with Crippen molar-refractivity contribution in [3.8, 4) is 5.75 Å². The number of hydrogen-bond acceptors (Lipinski definition) is 7. The number of alkyl halides is 3. The topological polar surface area (TPSA) is 97.7 Å².